The van der Waals surface area contributed by atoms with Gasteiger partial charge in [0.25, 0.3) is 0 Å². The minimum atomic E-state index is -3.66. The molecule has 6 nitrogen and oxygen atoms in total. The summed E-state index contributed by atoms with van der Waals surface area (Å²) in [4.78, 5) is 0.182. The summed E-state index contributed by atoms with van der Waals surface area (Å²) < 4.78 is 28.4. The van der Waals surface area contributed by atoms with Gasteiger partial charge in [-0.3, -0.25) is 4.68 Å². The Morgan fingerprint density at radius 2 is 1.94 bits per heavy atom. The highest BCUT2D eigenvalue weighted by Gasteiger charge is 2.29. The monoisotopic (exact) mass is 261 g/mol. The molecule has 98 valence electrons. The van der Waals surface area contributed by atoms with Crippen molar-refractivity contribution in [1.82, 2.24) is 14.5 Å². The van der Waals surface area contributed by atoms with Crippen LogP contribution in [-0.4, -0.2) is 35.5 Å². The van der Waals surface area contributed by atoms with Gasteiger partial charge >= 0.3 is 0 Å². The normalized spacial score (nSPS) is 13.1. The van der Waals surface area contributed by atoms with Gasteiger partial charge in [-0.25, -0.2) is 13.1 Å². The van der Waals surface area contributed by atoms with Crippen molar-refractivity contribution in [3.8, 4) is 0 Å². The number of aliphatic hydroxyl groups is 1. The van der Waals surface area contributed by atoms with Crippen molar-refractivity contribution < 1.29 is 13.5 Å². The summed E-state index contributed by atoms with van der Waals surface area (Å²) in [7, 11) is -1.97. The summed E-state index contributed by atoms with van der Waals surface area (Å²) in [5, 5.41) is 13.2. The molecule has 0 unspecified atom stereocenters. The van der Waals surface area contributed by atoms with Gasteiger partial charge in [0, 0.05) is 7.05 Å². The molecule has 7 heteroatoms. The third-order valence-corrected chi connectivity index (χ3v) is 4.47. The van der Waals surface area contributed by atoms with Crippen LogP contribution in [0.25, 0.3) is 0 Å². The second kappa shape index (κ2) is 4.40. The van der Waals surface area contributed by atoms with Crippen LogP contribution < -0.4 is 4.72 Å². The molecule has 0 spiro atoms. The Kier molecular flexibility index (Phi) is 3.66. The smallest absolute Gasteiger partial charge is 0.244 e. The first-order valence-corrected chi connectivity index (χ1v) is 6.74. The van der Waals surface area contributed by atoms with Gasteiger partial charge < -0.3 is 5.11 Å². The highest BCUT2D eigenvalue weighted by atomic mass is 32.2. The number of nitrogens with zero attached hydrogens (tertiary/aromatic N) is 2. The lowest BCUT2D eigenvalue weighted by Gasteiger charge is -2.23. The number of hydrogen-bond donors (Lipinski definition) is 2. The number of rotatable bonds is 4. The molecule has 17 heavy (non-hydrogen) atoms. The molecule has 0 amide bonds. The fourth-order valence-corrected chi connectivity index (χ4v) is 3.43. The average Bonchev–Trinajstić information content (AvgIpc) is 2.39. The molecule has 1 heterocycles. The fourth-order valence-electron chi connectivity index (χ4n) is 1.59. The Labute approximate surface area is 102 Å². The van der Waals surface area contributed by atoms with E-state index in [1.165, 1.54) is 4.68 Å². The van der Waals surface area contributed by atoms with E-state index in [4.69, 9.17) is 5.11 Å². The topological polar surface area (TPSA) is 84.2 Å². The largest absolute Gasteiger partial charge is 0.394 e. The molecule has 2 N–H and O–H groups in total. The molecular formula is C10H19N3O3S. The van der Waals surface area contributed by atoms with Gasteiger partial charge in [-0.05, 0) is 27.7 Å². The van der Waals surface area contributed by atoms with Gasteiger partial charge in [0.1, 0.15) is 4.90 Å². The second-order valence-corrected chi connectivity index (χ2v) is 6.39. The zero-order valence-electron chi connectivity index (χ0n) is 10.8. The lowest BCUT2D eigenvalue weighted by Crippen LogP contribution is -2.46. The van der Waals surface area contributed by atoms with Crippen LogP contribution in [0.4, 0.5) is 0 Å². The first-order chi connectivity index (χ1) is 7.60. The van der Waals surface area contributed by atoms with E-state index in [0.29, 0.717) is 11.4 Å². The van der Waals surface area contributed by atoms with Crippen molar-refractivity contribution in [2.24, 2.45) is 7.05 Å². The van der Waals surface area contributed by atoms with E-state index in [9.17, 15) is 8.42 Å². The van der Waals surface area contributed by atoms with Crippen LogP contribution in [0.2, 0.25) is 0 Å². The Morgan fingerprint density at radius 3 is 2.29 bits per heavy atom. The van der Waals surface area contributed by atoms with Crippen LogP contribution in [0.5, 0.6) is 0 Å². The molecule has 0 fully saturated rings. The van der Waals surface area contributed by atoms with Gasteiger partial charge in [0.15, 0.2) is 0 Å². The Morgan fingerprint density at radius 1 is 1.41 bits per heavy atom. The lowest BCUT2D eigenvalue weighted by atomic mass is 10.1. The first kappa shape index (κ1) is 14.1. The summed E-state index contributed by atoms with van der Waals surface area (Å²) in [6.45, 7) is 6.30. The standard InChI is InChI=1S/C10H19N3O3S/c1-7-9(8(2)13(5)11-7)17(15,16)12-10(3,4)6-14/h12,14H,6H2,1-5H3. The van der Waals surface area contributed by atoms with E-state index in [2.05, 4.69) is 9.82 Å². The molecule has 0 aromatic carbocycles. The molecule has 0 saturated heterocycles. The van der Waals surface area contributed by atoms with Crippen molar-refractivity contribution in [1.29, 1.82) is 0 Å². The zero-order valence-corrected chi connectivity index (χ0v) is 11.6. The Bertz CT molecular complexity index is 517. The van der Waals surface area contributed by atoms with E-state index in [-0.39, 0.29) is 11.5 Å². The number of sulfonamides is 1. The third kappa shape index (κ3) is 2.85. The predicted molar refractivity (Wildman–Crippen MR) is 64.2 cm³/mol. The highest BCUT2D eigenvalue weighted by molar-refractivity contribution is 7.89. The van der Waals surface area contributed by atoms with Gasteiger partial charge in [-0.1, -0.05) is 0 Å². The molecule has 0 atom stereocenters. The quantitative estimate of drug-likeness (QED) is 0.804. The van der Waals surface area contributed by atoms with Crippen LogP contribution in [-0.2, 0) is 17.1 Å². The maximum Gasteiger partial charge on any atom is 0.244 e. The number of nitrogens with one attached hydrogen (secondary N) is 1. The molecule has 0 aliphatic carbocycles. The molecule has 0 aliphatic rings. The van der Waals surface area contributed by atoms with Crippen LogP contribution in [0.15, 0.2) is 4.90 Å². The molecular weight excluding hydrogens is 242 g/mol. The van der Waals surface area contributed by atoms with Crippen LogP contribution in [0.3, 0.4) is 0 Å². The Balaban J connectivity index is 3.23. The van der Waals surface area contributed by atoms with Crippen molar-refractivity contribution in [2.45, 2.75) is 38.1 Å². The molecule has 0 bridgehead atoms. The van der Waals surface area contributed by atoms with Crippen LogP contribution in [0.1, 0.15) is 25.2 Å². The average molecular weight is 261 g/mol. The molecule has 0 aliphatic heterocycles. The molecule has 0 saturated carbocycles. The third-order valence-electron chi connectivity index (χ3n) is 2.52. The number of aromatic nitrogens is 2. The Hall–Kier alpha value is -0.920. The lowest BCUT2D eigenvalue weighted by molar-refractivity contribution is 0.208. The van der Waals surface area contributed by atoms with Crippen LogP contribution >= 0.6 is 0 Å². The van der Waals surface area contributed by atoms with E-state index in [1.54, 1.807) is 34.7 Å². The molecule has 1 aromatic heterocycles. The van der Waals surface area contributed by atoms with Gasteiger partial charge in [-0.15, -0.1) is 0 Å². The number of aliphatic hydroxyl groups excluding tert-OH is 1. The molecule has 0 radical (unpaired) electrons. The maximum absolute atomic E-state index is 12.2. The number of hydrogen-bond acceptors (Lipinski definition) is 4. The van der Waals surface area contributed by atoms with Gasteiger partial charge in [-0.2, -0.15) is 5.10 Å². The maximum atomic E-state index is 12.2. The predicted octanol–water partition coefficient (Wildman–Crippen LogP) is 0.0861. The SMILES string of the molecule is Cc1nn(C)c(C)c1S(=O)(=O)NC(C)(C)CO. The minimum Gasteiger partial charge on any atom is -0.394 e. The summed E-state index contributed by atoms with van der Waals surface area (Å²) in [5.41, 5.74) is 0.128. The number of aryl methyl sites for hydroxylation is 2. The van der Waals surface area contributed by atoms with Crippen molar-refractivity contribution in [2.75, 3.05) is 6.61 Å². The zero-order chi connectivity index (χ0) is 13.4. The van der Waals surface area contributed by atoms with Gasteiger partial charge in [0.2, 0.25) is 10.0 Å². The summed E-state index contributed by atoms with van der Waals surface area (Å²) in [6.07, 6.45) is 0. The second-order valence-electron chi connectivity index (χ2n) is 4.77. The van der Waals surface area contributed by atoms with Crippen LogP contribution in [0, 0.1) is 13.8 Å². The molecule has 1 rings (SSSR count). The van der Waals surface area contributed by atoms with Crippen molar-refractivity contribution in [3.63, 3.8) is 0 Å². The van der Waals surface area contributed by atoms with Crippen molar-refractivity contribution >= 4 is 10.0 Å². The summed E-state index contributed by atoms with van der Waals surface area (Å²) >= 11 is 0. The first-order valence-electron chi connectivity index (χ1n) is 5.26. The summed E-state index contributed by atoms with van der Waals surface area (Å²) in [6, 6.07) is 0. The molecule has 1 aromatic rings. The van der Waals surface area contributed by atoms with E-state index >= 15 is 0 Å². The van der Waals surface area contributed by atoms with E-state index < -0.39 is 15.6 Å². The van der Waals surface area contributed by atoms with Gasteiger partial charge in [0.05, 0.1) is 23.5 Å². The van der Waals surface area contributed by atoms with E-state index in [1.807, 2.05) is 0 Å². The van der Waals surface area contributed by atoms with E-state index in [0.717, 1.165) is 0 Å². The summed E-state index contributed by atoms with van der Waals surface area (Å²) in [5.74, 6) is 0. The highest BCUT2D eigenvalue weighted by Crippen LogP contribution is 2.20. The minimum absolute atomic E-state index is 0.182. The fraction of sp³-hybridized carbons (Fsp3) is 0.700. The van der Waals surface area contributed by atoms with Crippen molar-refractivity contribution in [3.05, 3.63) is 11.4 Å².